The molecule has 5 heteroatoms. The van der Waals surface area contributed by atoms with Crippen LogP contribution < -0.4 is 10.5 Å². The van der Waals surface area contributed by atoms with Gasteiger partial charge in [0.25, 0.3) is 0 Å². The number of halogens is 1. The van der Waals surface area contributed by atoms with E-state index in [1.165, 1.54) is 0 Å². The first-order valence-corrected chi connectivity index (χ1v) is 6.41. The van der Waals surface area contributed by atoms with Crippen LogP contribution in [0.4, 0.5) is 0 Å². The quantitative estimate of drug-likeness (QED) is 0.392. The Kier molecular flexibility index (Phi) is 4.06. The molecule has 0 aliphatic rings. The third kappa shape index (κ3) is 3.26. The fourth-order valence-corrected chi connectivity index (χ4v) is 2.08. The molecule has 4 nitrogen and oxygen atoms in total. The maximum Gasteiger partial charge on any atom is 0.170 e. The number of nitrogens with two attached hydrogens (primary N) is 1. The van der Waals surface area contributed by atoms with Crippen LogP contribution in [0, 0.1) is 6.92 Å². The maximum absolute atomic E-state index is 8.58. The molecule has 2 aromatic rings. The van der Waals surface area contributed by atoms with Crippen LogP contribution in [0.25, 0.3) is 0 Å². The van der Waals surface area contributed by atoms with Gasteiger partial charge in [-0.1, -0.05) is 21.1 Å². The van der Waals surface area contributed by atoms with Gasteiger partial charge in [-0.15, -0.1) is 0 Å². The van der Waals surface area contributed by atoms with Crippen LogP contribution in [-0.2, 0) is 0 Å². The summed E-state index contributed by atoms with van der Waals surface area (Å²) in [6, 6.07) is 12.8. The number of benzene rings is 2. The number of rotatable bonds is 3. The second-order valence-corrected chi connectivity index (χ2v) is 4.94. The molecule has 0 saturated heterocycles. The van der Waals surface area contributed by atoms with E-state index in [2.05, 4.69) is 21.1 Å². The molecule has 2 rings (SSSR count). The lowest BCUT2D eigenvalue weighted by Gasteiger charge is -2.09. The first-order chi connectivity index (χ1) is 9.10. The van der Waals surface area contributed by atoms with Crippen molar-refractivity contribution >= 4 is 21.8 Å². The molecule has 0 aliphatic carbocycles. The minimum absolute atomic E-state index is 0.0753. The zero-order chi connectivity index (χ0) is 13.8. The Hall–Kier alpha value is -2.01. The summed E-state index contributed by atoms with van der Waals surface area (Å²) in [7, 11) is 0. The van der Waals surface area contributed by atoms with Crippen LogP contribution in [0.3, 0.4) is 0 Å². The zero-order valence-electron chi connectivity index (χ0n) is 10.3. The van der Waals surface area contributed by atoms with Crippen molar-refractivity contribution in [3.05, 3.63) is 58.1 Å². The molecule has 98 valence electrons. The molecule has 0 radical (unpaired) electrons. The lowest BCUT2D eigenvalue weighted by Crippen LogP contribution is -2.12. The Morgan fingerprint density at radius 3 is 2.47 bits per heavy atom. The van der Waals surface area contributed by atoms with E-state index in [4.69, 9.17) is 15.7 Å². The van der Waals surface area contributed by atoms with Gasteiger partial charge in [-0.25, -0.2) is 0 Å². The molecule has 19 heavy (non-hydrogen) atoms. The summed E-state index contributed by atoms with van der Waals surface area (Å²) in [5.41, 5.74) is 7.17. The van der Waals surface area contributed by atoms with E-state index in [1.807, 2.05) is 25.1 Å². The van der Waals surface area contributed by atoms with Crippen LogP contribution in [0.2, 0.25) is 0 Å². The molecule has 3 N–H and O–H groups in total. The van der Waals surface area contributed by atoms with Gasteiger partial charge in [-0.2, -0.15) is 0 Å². The van der Waals surface area contributed by atoms with Gasteiger partial charge in [-0.05, 0) is 55.0 Å². The van der Waals surface area contributed by atoms with E-state index in [0.29, 0.717) is 11.3 Å². The molecular weight excluding hydrogens is 308 g/mol. The predicted octanol–water partition coefficient (Wildman–Crippen LogP) is 3.64. The highest BCUT2D eigenvalue weighted by molar-refractivity contribution is 9.10. The molecule has 0 bridgehead atoms. The van der Waals surface area contributed by atoms with Crippen LogP contribution in [0.5, 0.6) is 11.5 Å². The number of oxime groups is 1. The number of ether oxygens (including phenoxy) is 1. The number of hydrogen-bond donors (Lipinski definition) is 2. The smallest absolute Gasteiger partial charge is 0.170 e. The highest BCUT2D eigenvalue weighted by atomic mass is 79.9. The summed E-state index contributed by atoms with van der Waals surface area (Å²) in [4.78, 5) is 0. The van der Waals surface area contributed by atoms with E-state index in [-0.39, 0.29) is 5.84 Å². The van der Waals surface area contributed by atoms with Crippen molar-refractivity contribution in [3.63, 3.8) is 0 Å². The Labute approximate surface area is 119 Å². The molecule has 0 spiro atoms. The van der Waals surface area contributed by atoms with Gasteiger partial charge in [0.05, 0.1) is 0 Å². The standard InChI is InChI=1S/C14H13BrN2O2/c1-9-8-11(15)4-7-13(9)19-12-5-2-10(3-6-12)14(16)17-18/h2-8,18H,1H3,(H2,16,17). The average molecular weight is 321 g/mol. The Morgan fingerprint density at radius 1 is 1.21 bits per heavy atom. The Balaban J connectivity index is 2.20. The monoisotopic (exact) mass is 320 g/mol. The Morgan fingerprint density at radius 2 is 1.89 bits per heavy atom. The topological polar surface area (TPSA) is 67.8 Å². The van der Waals surface area contributed by atoms with Crippen LogP contribution in [-0.4, -0.2) is 11.0 Å². The maximum atomic E-state index is 8.58. The third-order valence-corrected chi connectivity index (χ3v) is 3.12. The molecule has 0 unspecified atom stereocenters. The average Bonchev–Trinajstić information content (AvgIpc) is 2.42. The van der Waals surface area contributed by atoms with Crippen molar-refractivity contribution in [2.75, 3.05) is 0 Å². The number of nitrogens with zero attached hydrogens (tertiary/aromatic N) is 1. The molecular formula is C14H13BrN2O2. The SMILES string of the molecule is Cc1cc(Br)ccc1Oc1ccc(C(N)=NO)cc1. The number of hydrogen-bond acceptors (Lipinski definition) is 3. The molecule has 0 amide bonds. The normalized spacial score (nSPS) is 11.4. The second-order valence-electron chi connectivity index (χ2n) is 4.02. The van der Waals surface area contributed by atoms with Crippen molar-refractivity contribution in [2.24, 2.45) is 10.9 Å². The van der Waals surface area contributed by atoms with E-state index in [0.717, 1.165) is 15.8 Å². The Bertz CT molecular complexity index is 609. The van der Waals surface area contributed by atoms with Gasteiger partial charge in [0.2, 0.25) is 0 Å². The van der Waals surface area contributed by atoms with E-state index in [9.17, 15) is 0 Å². The fraction of sp³-hybridized carbons (Fsp3) is 0.0714. The van der Waals surface area contributed by atoms with Crippen molar-refractivity contribution in [1.29, 1.82) is 0 Å². The second kappa shape index (κ2) is 5.75. The van der Waals surface area contributed by atoms with Gasteiger partial charge < -0.3 is 15.7 Å². The largest absolute Gasteiger partial charge is 0.457 e. The van der Waals surface area contributed by atoms with Crippen molar-refractivity contribution in [3.8, 4) is 11.5 Å². The van der Waals surface area contributed by atoms with Crippen LogP contribution in [0.1, 0.15) is 11.1 Å². The summed E-state index contributed by atoms with van der Waals surface area (Å²) in [5, 5.41) is 11.5. The summed E-state index contributed by atoms with van der Waals surface area (Å²) in [6.45, 7) is 1.98. The predicted molar refractivity (Wildman–Crippen MR) is 77.9 cm³/mol. The molecule has 2 aromatic carbocycles. The zero-order valence-corrected chi connectivity index (χ0v) is 11.9. The van der Waals surface area contributed by atoms with Gasteiger partial charge in [0.15, 0.2) is 5.84 Å². The van der Waals surface area contributed by atoms with Gasteiger partial charge in [0, 0.05) is 10.0 Å². The third-order valence-electron chi connectivity index (χ3n) is 2.62. The van der Waals surface area contributed by atoms with Gasteiger partial charge >= 0.3 is 0 Å². The molecule has 0 atom stereocenters. The minimum atomic E-state index is 0.0753. The van der Waals surface area contributed by atoms with Crippen molar-refractivity contribution in [2.45, 2.75) is 6.92 Å². The number of amidine groups is 1. The highest BCUT2D eigenvalue weighted by Gasteiger charge is 2.03. The lowest BCUT2D eigenvalue weighted by atomic mass is 10.2. The van der Waals surface area contributed by atoms with Crippen molar-refractivity contribution < 1.29 is 9.94 Å². The summed E-state index contributed by atoms with van der Waals surface area (Å²) >= 11 is 3.41. The first-order valence-electron chi connectivity index (χ1n) is 5.62. The highest BCUT2D eigenvalue weighted by Crippen LogP contribution is 2.27. The van der Waals surface area contributed by atoms with E-state index >= 15 is 0 Å². The van der Waals surface area contributed by atoms with Gasteiger partial charge in [0.1, 0.15) is 11.5 Å². The lowest BCUT2D eigenvalue weighted by molar-refractivity contribution is 0.318. The van der Waals surface area contributed by atoms with Gasteiger partial charge in [-0.3, -0.25) is 0 Å². The summed E-state index contributed by atoms with van der Waals surface area (Å²) in [6.07, 6.45) is 0. The van der Waals surface area contributed by atoms with Crippen molar-refractivity contribution in [1.82, 2.24) is 0 Å². The molecule has 0 heterocycles. The minimum Gasteiger partial charge on any atom is -0.457 e. The molecule has 0 aromatic heterocycles. The molecule has 0 saturated carbocycles. The summed E-state index contributed by atoms with van der Waals surface area (Å²) < 4.78 is 6.78. The number of aryl methyl sites for hydroxylation is 1. The van der Waals surface area contributed by atoms with Crippen LogP contribution >= 0.6 is 15.9 Å². The first kappa shape index (κ1) is 13.4. The van der Waals surface area contributed by atoms with Crippen LogP contribution in [0.15, 0.2) is 52.1 Å². The molecule has 0 fully saturated rings. The summed E-state index contributed by atoms with van der Waals surface area (Å²) in [5.74, 6) is 1.56. The van der Waals surface area contributed by atoms with E-state index < -0.39 is 0 Å². The fourth-order valence-electron chi connectivity index (χ4n) is 1.61. The molecule has 0 aliphatic heterocycles. The van der Waals surface area contributed by atoms with E-state index in [1.54, 1.807) is 24.3 Å².